The summed E-state index contributed by atoms with van der Waals surface area (Å²) in [6, 6.07) is 4.87. The van der Waals surface area contributed by atoms with Gasteiger partial charge in [-0.1, -0.05) is 5.21 Å². The number of rotatable bonds is 5. The molecule has 1 saturated heterocycles. The molecule has 1 aliphatic carbocycles. The first-order chi connectivity index (χ1) is 11.6. The third-order valence-corrected chi connectivity index (χ3v) is 4.71. The first kappa shape index (κ1) is 15.1. The number of hydrogen-bond donors (Lipinski definition) is 0. The van der Waals surface area contributed by atoms with Gasteiger partial charge in [-0.25, -0.2) is 9.07 Å². The van der Waals surface area contributed by atoms with E-state index in [1.54, 1.807) is 23.0 Å². The molecule has 7 heteroatoms. The molecule has 1 aromatic heterocycles. The number of halogens is 1. The van der Waals surface area contributed by atoms with Gasteiger partial charge >= 0.3 is 0 Å². The maximum atomic E-state index is 13.8. The average Bonchev–Trinajstić information content (AvgIpc) is 3.20. The standard InChI is InChI=1S/C17H19FN4O2/c1-24-16-5-4-12(7-14(16)18)15-10-22(20-19-15)13-8-21(9-13)17(23)6-11-2-3-11/h4-5,7,10-11,13H,2-3,6,8-9H2,1H3. The summed E-state index contributed by atoms with van der Waals surface area (Å²) in [5.74, 6) is 0.630. The summed E-state index contributed by atoms with van der Waals surface area (Å²) in [4.78, 5) is 13.9. The molecule has 4 rings (SSSR count). The maximum Gasteiger partial charge on any atom is 0.222 e. The molecule has 0 radical (unpaired) electrons. The van der Waals surface area contributed by atoms with Gasteiger partial charge in [0.1, 0.15) is 5.69 Å². The quantitative estimate of drug-likeness (QED) is 0.844. The number of likely N-dealkylation sites (tertiary alicyclic amines) is 1. The Labute approximate surface area is 139 Å². The first-order valence-corrected chi connectivity index (χ1v) is 8.17. The number of hydrogen-bond acceptors (Lipinski definition) is 4. The largest absolute Gasteiger partial charge is 0.494 e. The van der Waals surface area contributed by atoms with E-state index in [0.717, 1.165) is 0 Å². The highest BCUT2D eigenvalue weighted by atomic mass is 19.1. The van der Waals surface area contributed by atoms with Crippen LogP contribution in [0, 0.1) is 11.7 Å². The highest BCUT2D eigenvalue weighted by molar-refractivity contribution is 5.77. The minimum absolute atomic E-state index is 0.150. The predicted octanol–water partition coefficient (Wildman–Crippen LogP) is 2.28. The fourth-order valence-electron chi connectivity index (χ4n) is 2.94. The molecule has 1 saturated carbocycles. The Balaban J connectivity index is 1.40. The molecule has 126 valence electrons. The van der Waals surface area contributed by atoms with Crippen LogP contribution in [0.15, 0.2) is 24.4 Å². The van der Waals surface area contributed by atoms with Crippen molar-refractivity contribution in [1.29, 1.82) is 0 Å². The second kappa shape index (κ2) is 5.89. The molecule has 1 amide bonds. The Morgan fingerprint density at radius 1 is 1.38 bits per heavy atom. The van der Waals surface area contributed by atoms with Crippen LogP contribution in [0.4, 0.5) is 4.39 Å². The molecular weight excluding hydrogens is 311 g/mol. The van der Waals surface area contributed by atoms with Crippen LogP contribution in [0.1, 0.15) is 25.3 Å². The molecule has 0 N–H and O–H groups in total. The van der Waals surface area contributed by atoms with Crippen LogP contribution in [0.2, 0.25) is 0 Å². The molecule has 0 atom stereocenters. The van der Waals surface area contributed by atoms with Gasteiger partial charge in [-0.2, -0.15) is 0 Å². The van der Waals surface area contributed by atoms with Crippen molar-refractivity contribution in [1.82, 2.24) is 19.9 Å². The highest BCUT2D eigenvalue weighted by Crippen LogP contribution is 2.34. The van der Waals surface area contributed by atoms with Crippen molar-refractivity contribution >= 4 is 5.91 Å². The Bertz CT molecular complexity index is 766. The van der Waals surface area contributed by atoms with E-state index in [1.807, 2.05) is 4.90 Å². The van der Waals surface area contributed by atoms with E-state index in [-0.39, 0.29) is 17.7 Å². The second-order valence-electron chi connectivity index (χ2n) is 6.53. The van der Waals surface area contributed by atoms with Crippen LogP contribution in [-0.2, 0) is 4.79 Å². The number of nitrogens with zero attached hydrogens (tertiary/aromatic N) is 4. The molecule has 1 aromatic carbocycles. The fourth-order valence-corrected chi connectivity index (χ4v) is 2.94. The molecule has 2 fully saturated rings. The molecule has 2 aliphatic rings. The van der Waals surface area contributed by atoms with Crippen LogP contribution in [0.3, 0.4) is 0 Å². The topological polar surface area (TPSA) is 60.2 Å². The summed E-state index contributed by atoms with van der Waals surface area (Å²) >= 11 is 0. The van der Waals surface area contributed by atoms with Crippen molar-refractivity contribution in [2.24, 2.45) is 5.92 Å². The molecule has 6 nitrogen and oxygen atoms in total. The highest BCUT2D eigenvalue weighted by Gasteiger charge is 2.35. The van der Waals surface area contributed by atoms with Crippen LogP contribution in [0.25, 0.3) is 11.3 Å². The second-order valence-corrected chi connectivity index (χ2v) is 6.53. The van der Waals surface area contributed by atoms with Crippen molar-refractivity contribution in [3.8, 4) is 17.0 Å². The molecular formula is C17H19FN4O2. The summed E-state index contributed by atoms with van der Waals surface area (Å²) in [6.07, 6.45) is 4.86. The van der Waals surface area contributed by atoms with Crippen LogP contribution < -0.4 is 4.74 Å². The smallest absolute Gasteiger partial charge is 0.222 e. The van der Waals surface area contributed by atoms with Crippen molar-refractivity contribution in [2.45, 2.75) is 25.3 Å². The van der Waals surface area contributed by atoms with Gasteiger partial charge < -0.3 is 9.64 Å². The van der Waals surface area contributed by atoms with E-state index in [0.29, 0.717) is 36.7 Å². The monoisotopic (exact) mass is 330 g/mol. The van der Waals surface area contributed by atoms with E-state index in [1.165, 1.54) is 26.0 Å². The zero-order valence-corrected chi connectivity index (χ0v) is 13.5. The maximum absolute atomic E-state index is 13.8. The molecule has 2 heterocycles. The summed E-state index contributed by atoms with van der Waals surface area (Å²) in [5, 5.41) is 8.25. The zero-order chi connectivity index (χ0) is 16.7. The van der Waals surface area contributed by atoms with Crippen molar-refractivity contribution in [3.05, 3.63) is 30.2 Å². The molecule has 24 heavy (non-hydrogen) atoms. The molecule has 2 aromatic rings. The van der Waals surface area contributed by atoms with Crippen LogP contribution in [0.5, 0.6) is 5.75 Å². The van der Waals surface area contributed by atoms with Gasteiger partial charge in [0.15, 0.2) is 11.6 Å². The number of benzene rings is 1. The average molecular weight is 330 g/mol. The number of methoxy groups -OCH3 is 1. The lowest BCUT2D eigenvalue weighted by atomic mass is 10.1. The van der Waals surface area contributed by atoms with Gasteiger partial charge in [-0.05, 0) is 37.0 Å². The summed E-state index contributed by atoms with van der Waals surface area (Å²) in [5.41, 5.74) is 1.26. The summed E-state index contributed by atoms with van der Waals surface area (Å²) < 4.78 is 20.5. The predicted molar refractivity (Wildman–Crippen MR) is 84.9 cm³/mol. The first-order valence-electron chi connectivity index (χ1n) is 8.17. The van der Waals surface area contributed by atoms with Gasteiger partial charge in [0.25, 0.3) is 0 Å². The van der Waals surface area contributed by atoms with E-state index < -0.39 is 5.82 Å². The van der Waals surface area contributed by atoms with E-state index in [2.05, 4.69) is 10.3 Å². The lowest BCUT2D eigenvalue weighted by molar-refractivity contribution is -0.137. The number of amides is 1. The Morgan fingerprint density at radius 2 is 2.17 bits per heavy atom. The van der Waals surface area contributed by atoms with Gasteiger partial charge in [0.2, 0.25) is 5.91 Å². The van der Waals surface area contributed by atoms with Crippen molar-refractivity contribution < 1.29 is 13.9 Å². The third kappa shape index (κ3) is 2.86. The Morgan fingerprint density at radius 3 is 2.83 bits per heavy atom. The van der Waals surface area contributed by atoms with E-state index in [9.17, 15) is 9.18 Å². The van der Waals surface area contributed by atoms with Gasteiger partial charge in [0.05, 0.1) is 19.3 Å². The zero-order valence-electron chi connectivity index (χ0n) is 13.5. The number of ether oxygens (including phenoxy) is 1. The SMILES string of the molecule is COc1ccc(-c2cn(C3CN(C(=O)CC4CC4)C3)nn2)cc1F. The number of carbonyl (C=O) groups is 1. The molecule has 0 spiro atoms. The molecule has 1 aliphatic heterocycles. The fraction of sp³-hybridized carbons (Fsp3) is 0.471. The lowest BCUT2D eigenvalue weighted by Crippen LogP contribution is -2.51. The Hall–Kier alpha value is -2.44. The van der Waals surface area contributed by atoms with Gasteiger partial charge in [-0.3, -0.25) is 4.79 Å². The Kier molecular flexibility index (Phi) is 3.70. The number of aromatic nitrogens is 3. The van der Waals surface area contributed by atoms with E-state index >= 15 is 0 Å². The van der Waals surface area contributed by atoms with Crippen molar-refractivity contribution in [3.63, 3.8) is 0 Å². The van der Waals surface area contributed by atoms with Crippen LogP contribution in [-0.4, -0.2) is 46.0 Å². The van der Waals surface area contributed by atoms with Crippen molar-refractivity contribution in [2.75, 3.05) is 20.2 Å². The van der Waals surface area contributed by atoms with Gasteiger partial charge in [-0.15, -0.1) is 5.10 Å². The minimum atomic E-state index is -0.426. The lowest BCUT2D eigenvalue weighted by Gasteiger charge is -2.39. The third-order valence-electron chi connectivity index (χ3n) is 4.71. The minimum Gasteiger partial charge on any atom is -0.494 e. The summed E-state index contributed by atoms with van der Waals surface area (Å²) in [6.45, 7) is 1.34. The number of carbonyl (C=O) groups excluding carboxylic acids is 1. The normalized spacial score (nSPS) is 17.7. The molecule has 0 unspecified atom stereocenters. The van der Waals surface area contributed by atoms with E-state index in [4.69, 9.17) is 4.74 Å². The molecule has 0 bridgehead atoms. The van der Waals surface area contributed by atoms with Gasteiger partial charge in [0, 0.05) is 25.1 Å². The van der Waals surface area contributed by atoms with Crippen LogP contribution >= 0.6 is 0 Å². The summed E-state index contributed by atoms with van der Waals surface area (Å²) in [7, 11) is 1.43.